The number of anilines is 1. The third kappa shape index (κ3) is 5.30. The Kier molecular flexibility index (Phi) is 7.18. The molecular formula is C26H29NO5S. The molecule has 6 nitrogen and oxygen atoms in total. The van der Waals surface area contributed by atoms with Crippen molar-refractivity contribution in [2.24, 2.45) is 5.92 Å². The Morgan fingerprint density at radius 3 is 2.67 bits per heavy atom. The average Bonchev–Trinajstić information content (AvgIpc) is 3.42. The van der Waals surface area contributed by atoms with E-state index < -0.39 is 5.91 Å². The fraction of sp³-hybridized carbons (Fsp3) is 0.385. The summed E-state index contributed by atoms with van der Waals surface area (Å²) in [6.07, 6.45) is 3.72. The number of furan rings is 1. The normalized spacial score (nSPS) is 15.1. The van der Waals surface area contributed by atoms with E-state index >= 15 is 0 Å². The van der Waals surface area contributed by atoms with Gasteiger partial charge in [-0.25, -0.2) is 4.79 Å². The molecule has 7 heteroatoms. The molecular weight excluding hydrogens is 438 g/mol. The molecule has 0 saturated carbocycles. The number of carbonyl (C=O) groups is 2. The number of thiophene rings is 1. The Balaban J connectivity index is 1.46. The smallest absolute Gasteiger partial charge is 0.341 e. The Hall–Kier alpha value is -3.06. The molecule has 0 spiro atoms. The Bertz CT molecular complexity index is 1130. The van der Waals surface area contributed by atoms with E-state index in [0.29, 0.717) is 22.2 Å². The maximum Gasteiger partial charge on any atom is 0.341 e. The van der Waals surface area contributed by atoms with Gasteiger partial charge < -0.3 is 19.2 Å². The van der Waals surface area contributed by atoms with Crippen LogP contribution >= 0.6 is 11.3 Å². The second kappa shape index (κ2) is 10.3. The number of carbonyl (C=O) groups excluding carboxylic acids is 2. The number of rotatable bonds is 8. The van der Waals surface area contributed by atoms with E-state index in [4.69, 9.17) is 13.9 Å². The molecule has 0 saturated heterocycles. The number of fused-ring (bicyclic) bond motifs is 1. The van der Waals surface area contributed by atoms with Gasteiger partial charge in [0.15, 0.2) is 5.76 Å². The summed E-state index contributed by atoms with van der Waals surface area (Å²) >= 11 is 1.46. The zero-order valence-corrected chi connectivity index (χ0v) is 20.1. The SMILES string of the molecule is CCOC(=O)c1c(NC(=O)c2ccc(COc3ccc(CC)cc3)o2)sc2c1CC[C@@H](C)C2. The number of amides is 1. The van der Waals surface area contributed by atoms with Crippen molar-refractivity contribution < 1.29 is 23.5 Å². The van der Waals surface area contributed by atoms with Gasteiger partial charge in [0.2, 0.25) is 0 Å². The Morgan fingerprint density at radius 2 is 1.94 bits per heavy atom. The number of esters is 1. The van der Waals surface area contributed by atoms with Crippen LogP contribution in [0.25, 0.3) is 0 Å². The van der Waals surface area contributed by atoms with E-state index in [9.17, 15) is 9.59 Å². The van der Waals surface area contributed by atoms with Gasteiger partial charge in [-0.1, -0.05) is 26.0 Å². The molecule has 4 rings (SSSR count). The van der Waals surface area contributed by atoms with Crippen LogP contribution in [0.4, 0.5) is 5.00 Å². The molecule has 1 aromatic carbocycles. The van der Waals surface area contributed by atoms with E-state index in [2.05, 4.69) is 19.2 Å². The molecule has 0 aliphatic heterocycles. The highest BCUT2D eigenvalue weighted by Gasteiger charge is 2.29. The zero-order chi connectivity index (χ0) is 23.4. The van der Waals surface area contributed by atoms with Crippen LogP contribution in [-0.4, -0.2) is 18.5 Å². The zero-order valence-electron chi connectivity index (χ0n) is 19.2. The predicted molar refractivity (Wildman–Crippen MR) is 128 cm³/mol. The molecule has 0 unspecified atom stereocenters. The molecule has 174 valence electrons. The molecule has 2 heterocycles. The van der Waals surface area contributed by atoms with Crippen LogP contribution in [-0.2, 0) is 30.6 Å². The van der Waals surface area contributed by atoms with Crippen molar-refractivity contribution in [1.29, 1.82) is 0 Å². The first-order valence-corrected chi connectivity index (χ1v) is 12.2. The van der Waals surface area contributed by atoms with Crippen LogP contribution in [0.15, 0.2) is 40.8 Å². The summed E-state index contributed by atoms with van der Waals surface area (Å²) in [6, 6.07) is 11.2. The van der Waals surface area contributed by atoms with Crippen LogP contribution in [0.2, 0.25) is 0 Å². The lowest BCUT2D eigenvalue weighted by atomic mass is 9.88. The summed E-state index contributed by atoms with van der Waals surface area (Å²) in [6.45, 7) is 6.60. The van der Waals surface area contributed by atoms with Gasteiger partial charge in [-0.05, 0) is 73.9 Å². The van der Waals surface area contributed by atoms with Crippen molar-refractivity contribution >= 4 is 28.2 Å². The first kappa shape index (κ1) is 23.1. The van der Waals surface area contributed by atoms with Gasteiger partial charge in [-0.2, -0.15) is 0 Å². The van der Waals surface area contributed by atoms with Gasteiger partial charge >= 0.3 is 5.97 Å². The summed E-state index contributed by atoms with van der Waals surface area (Å²) in [5.41, 5.74) is 2.74. The molecule has 1 N–H and O–H groups in total. The molecule has 33 heavy (non-hydrogen) atoms. The van der Waals surface area contributed by atoms with E-state index in [1.165, 1.54) is 16.9 Å². The van der Waals surface area contributed by atoms with Crippen molar-refractivity contribution in [1.82, 2.24) is 0 Å². The minimum absolute atomic E-state index is 0.171. The highest BCUT2D eigenvalue weighted by atomic mass is 32.1. The molecule has 0 radical (unpaired) electrons. The summed E-state index contributed by atoms with van der Waals surface area (Å²) < 4.78 is 16.7. The molecule has 0 fully saturated rings. The first-order chi connectivity index (χ1) is 16.0. The Labute approximate surface area is 197 Å². The topological polar surface area (TPSA) is 77.8 Å². The summed E-state index contributed by atoms with van der Waals surface area (Å²) in [4.78, 5) is 26.7. The van der Waals surface area contributed by atoms with Gasteiger partial charge in [0, 0.05) is 4.88 Å². The highest BCUT2D eigenvalue weighted by Crippen LogP contribution is 2.40. The number of nitrogens with one attached hydrogen (secondary N) is 1. The molecule has 1 aliphatic carbocycles. The van der Waals surface area contributed by atoms with Crippen molar-refractivity contribution in [3.63, 3.8) is 0 Å². The van der Waals surface area contributed by atoms with Gasteiger partial charge in [-0.15, -0.1) is 11.3 Å². The van der Waals surface area contributed by atoms with Crippen molar-refractivity contribution in [2.75, 3.05) is 11.9 Å². The fourth-order valence-electron chi connectivity index (χ4n) is 3.98. The summed E-state index contributed by atoms with van der Waals surface area (Å²) in [7, 11) is 0. The third-order valence-corrected chi connectivity index (χ3v) is 6.99. The van der Waals surface area contributed by atoms with Crippen molar-refractivity contribution in [3.8, 4) is 5.75 Å². The van der Waals surface area contributed by atoms with Gasteiger partial charge in [-0.3, -0.25) is 4.79 Å². The monoisotopic (exact) mass is 467 g/mol. The number of aryl methyl sites for hydroxylation is 1. The minimum atomic E-state index is -0.397. The lowest BCUT2D eigenvalue weighted by Gasteiger charge is -2.18. The third-order valence-electron chi connectivity index (χ3n) is 5.82. The fourth-order valence-corrected chi connectivity index (χ4v) is 5.37. The lowest BCUT2D eigenvalue weighted by Crippen LogP contribution is -2.16. The predicted octanol–water partition coefficient (Wildman–Crippen LogP) is 6.04. The maximum atomic E-state index is 12.9. The number of ether oxygens (including phenoxy) is 2. The number of hydrogen-bond acceptors (Lipinski definition) is 6. The molecule has 3 aromatic rings. The van der Waals surface area contributed by atoms with Crippen LogP contribution < -0.4 is 10.1 Å². The standard InChI is InChI=1S/C26H29NO5S/c1-4-17-7-9-18(10-8-17)31-15-19-11-13-21(32-19)24(28)27-25-23(26(29)30-5-2)20-12-6-16(3)14-22(20)33-25/h7-11,13,16H,4-6,12,14-15H2,1-3H3,(H,27,28)/t16-/m1/s1. The number of hydrogen-bond donors (Lipinski definition) is 1. The van der Waals surface area contributed by atoms with Crippen molar-refractivity contribution in [2.45, 2.75) is 53.1 Å². The van der Waals surface area contributed by atoms with E-state index in [0.717, 1.165) is 41.9 Å². The van der Waals surface area contributed by atoms with Gasteiger partial charge in [0.1, 0.15) is 23.1 Å². The second-order valence-corrected chi connectivity index (χ2v) is 9.39. The van der Waals surface area contributed by atoms with Gasteiger partial charge in [0.05, 0.1) is 12.2 Å². The van der Waals surface area contributed by atoms with Crippen LogP contribution in [0.3, 0.4) is 0 Å². The molecule has 1 amide bonds. The van der Waals surface area contributed by atoms with Crippen LogP contribution in [0, 0.1) is 5.92 Å². The van der Waals surface area contributed by atoms with Crippen molar-refractivity contribution in [3.05, 3.63) is 69.5 Å². The van der Waals surface area contributed by atoms with Gasteiger partial charge in [0.25, 0.3) is 5.91 Å². The second-order valence-electron chi connectivity index (χ2n) is 8.28. The quantitative estimate of drug-likeness (QED) is 0.409. The summed E-state index contributed by atoms with van der Waals surface area (Å²) in [5.74, 6) is 1.23. The largest absolute Gasteiger partial charge is 0.486 e. The van der Waals surface area contributed by atoms with Crippen LogP contribution in [0.5, 0.6) is 5.75 Å². The maximum absolute atomic E-state index is 12.9. The lowest BCUT2D eigenvalue weighted by molar-refractivity contribution is 0.0526. The first-order valence-electron chi connectivity index (χ1n) is 11.4. The molecule has 2 aromatic heterocycles. The number of benzene rings is 1. The van der Waals surface area contributed by atoms with Crippen LogP contribution in [0.1, 0.15) is 69.9 Å². The van der Waals surface area contributed by atoms with E-state index in [-0.39, 0.29) is 24.9 Å². The average molecular weight is 468 g/mol. The van der Waals surface area contributed by atoms with E-state index in [1.807, 2.05) is 24.3 Å². The molecule has 1 atom stereocenters. The molecule has 0 bridgehead atoms. The minimum Gasteiger partial charge on any atom is -0.486 e. The highest BCUT2D eigenvalue weighted by molar-refractivity contribution is 7.17. The van der Waals surface area contributed by atoms with E-state index in [1.54, 1.807) is 19.1 Å². The summed E-state index contributed by atoms with van der Waals surface area (Å²) in [5, 5.41) is 3.41. The molecule has 1 aliphatic rings. The Morgan fingerprint density at radius 1 is 1.15 bits per heavy atom.